The molecule has 0 bridgehead atoms. The van der Waals surface area contributed by atoms with Gasteiger partial charge in [-0.2, -0.15) is 0 Å². The first-order chi connectivity index (χ1) is 10.2. The summed E-state index contributed by atoms with van der Waals surface area (Å²) in [4.78, 5) is 2.55. The molecule has 0 saturated carbocycles. The summed E-state index contributed by atoms with van der Waals surface area (Å²) in [5.74, 6) is 0. The van der Waals surface area contributed by atoms with Crippen molar-refractivity contribution in [1.82, 2.24) is 0 Å². The Morgan fingerprint density at radius 3 is 2.14 bits per heavy atom. The predicted octanol–water partition coefficient (Wildman–Crippen LogP) is 5.40. The third-order valence-electron chi connectivity index (χ3n) is 3.40. The maximum atomic E-state index is 5.76. The van der Waals surface area contributed by atoms with Crippen LogP contribution in [-0.4, -0.2) is 0 Å². The Labute approximate surface area is 129 Å². The lowest BCUT2D eigenvalue weighted by Crippen LogP contribution is -1.86. The Hall–Kier alpha value is -2.19. The lowest BCUT2D eigenvalue weighted by molar-refractivity contribution is 1.29. The van der Waals surface area contributed by atoms with Crippen molar-refractivity contribution in [3.05, 3.63) is 78.4 Å². The third kappa shape index (κ3) is 3.29. The van der Waals surface area contributed by atoms with Crippen molar-refractivity contribution < 1.29 is 0 Å². The van der Waals surface area contributed by atoms with E-state index in [-0.39, 0.29) is 0 Å². The molecule has 104 valence electrons. The summed E-state index contributed by atoms with van der Waals surface area (Å²) >= 11 is 1.80. The maximum Gasteiger partial charge on any atom is 0.0314 e. The van der Waals surface area contributed by atoms with Gasteiger partial charge in [0.05, 0.1) is 0 Å². The molecule has 0 saturated heterocycles. The van der Waals surface area contributed by atoms with E-state index in [1.807, 2.05) is 18.2 Å². The number of nitrogen functional groups attached to an aromatic ring is 1. The molecular formula is C19H17NS. The van der Waals surface area contributed by atoms with E-state index in [1.165, 1.54) is 26.5 Å². The molecule has 0 aliphatic rings. The smallest absolute Gasteiger partial charge is 0.0314 e. The molecule has 0 heterocycles. The monoisotopic (exact) mass is 291 g/mol. The van der Waals surface area contributed by atoms with Crippen molar-refractivity contribution >= 4 is 17.4 Å². The normalized spacial score (nSPS) is 10.5. The van der Waals surface area contributed by atoms with E-state index in [0.717, 1.165) is 5.69 Å². The second kappa shape index (κ2) is 6.06. The molecule has 21 heavy (non-hydrogen) atoms. The summed E-state index contributed by atoms with van der Waals surface area (Å²) in [6.45, 7) is 2.15. The molecule has 0 aliphatic carbocycles. The van der Waals surface area contributed by atoms with Crippen molar-refractivity contribution in [2.75, 3.05) is 5.73 Å². The van der Waals surface area contributed by atoms with Gasteiger partial charge in [-0.3, -0.25) is 0 Å². The minimum Gasteiger partial charge on any atom is -0.399 e. The van der Waals surface area contributed by atoms with Crippen LogP contribution in [-0.2, 0) is 0 Å². The second-order valence-electron chi connectivity index (χ2n) is 5.02. The molecule has 3 rings (SSSR count). The van der Waals surface area contributed by atoms with Crippen molar-refractivity contribution in [3.8, 4) is 11.1 Å². The van der Waals surface area contributed by atoms with Gasteiger partial charge in [0, 0.05) is 15.5 Å². The van der Waals surface area contributed by atoms with Crippen LogP contribution in [0.4, 0.5) is 5.69 Å². The van der Waals surface area contributed by atoms with E-state index in [1.54, 1.807) is 11.8 Å². The Morgan fingerprint density at radius 2 is 1.43 bits per heavy atom. The fourth-order valence-electron chi connectivity index (χ4n) is 2.18. The Balaban J connectivity index is 1.94. The zero-order chi connectivity index (χ0) is 14.7. The first-order valence-corrected chi connectivity index (χ1v) is 7.73. The van der Waals surface area contributed by atoms with E-state index in [4.69, 9.17) is 5.73 Å². The average Bonchev–Trinajstić information content (AvgIpc) is 2.51. The molecule has 3 aromatic rings. The fraction of sp³-hybridized carbons (Fsp3) is 0.0526. The molecule has 0 amide bonds. The van der Waals surface area contributed by atoms with Crippen LogP contribution in [0.3, 0.4) is 0 Å². The first-order valence-electron chi connectivity index (χ1n) is 6.92. The van der Waals surface area contributed by atoms with Crippen LogP contribution in [0.1, 0.15) is 5.56 Å². The van der Waals surface area contributed by atoms with Gasteiger partial charge in [-0.15, -0.1) is 0 Å². The van der Waals surface area contributed by atoms with Crippen molar-refractivity contribution in [3.63, 3.8) is 0 Å². The van der Waals surface area contributed by atoms with Gasteiger partial charge in [0.1, 0.15) is 0 Å². The molecule has 2 N–H and O–H groups in total. The fourth-order valence-corrected chi connectivity index (χ4v) is 3.14. The molecule has 0 unspecified atom stereocenters. The predicted molar refractivity (Wildman–Crippen MR) is 91.6 cm³/mol. The lowest BCUT2D eigenvalue weighted by atomic mass is 10.0. The first kappa shape index (κ1) is 13.8. The topological polar surface area (TPSA) is 26.0 Å². The SMILES string of the molecule is Cc1ccc(-c2ccc(N)cc2)cc1Sc1ccccc1. The van der Waals surface area contributed by atoms with Crippen molar-refractivity contribution in [2.45, 2.75) is 16.7 Å². The quantitative estimate of drug-likeness (QED) is 0.654. The summed E-state index contributed by atoms with van der Waals surface area (Å²) in [5.41, 5.74) is 10.3. The van der Waals surface area contributed by atoms with Gasteiger partial charge in [0.25, 0.3) is 0 Å². The molecule has 0 radical (unpaired) electrons. The van der Waals surface area contributed by atoms with Crippen LogP contribution in [0.5, 0.6) is 0 Å². The van der Waals surface area contributed by atoms with Gasteiger partial charge in [0.15, 0.2) is 0 Å². The van der Waals surface area contributed by atoms with Crippen LogP contribution in [0.25, 0.3) is 11.1 Å². The van der Waals surface area contributed by atoms with E-state index in [9.17, 15) is 0 Å². The zero-order valence-corrected chi connectivity index (χ0v) is 12.7. The number of hydrogen-bond donors (Lipinski definition) is 1. The average molecular weight is 291 g/mol. The number of aryl methyl sites for hydroxylation is 1. The highest BCUT2D eigenvalue weighted by Gasteiger charge is 2.04. The highest BCUT2D eigenvalue weighted by molar-refractivity contribution is 7.99. The summed E-state index contributed by atoms with van der Waals surface area (Å²) in [7, 11) is 0. The molecule has 2 heteroatoms. The summed E-state index contributed by atoms with van der Waals surface area (Å²) in [6.07, 6.45) is 0. The van der Waals surface area contributed by atoms with Gasteiger partial charge < -0.3 is 5.73 Å². The highest BCUT2D eigenvalue weighted by Crippen LogP contribution is 2.33. The Kier molecular flexibility index (Phi) is 3.98. The number of rotatable bonds is 3. The zero-order valence-electron chi connectivity index (χ0n) is 11.9. The number of nitrogens with two attached hydrogens (primary N) is 1. The van der Waals surface area contributed by atoms with Crippen LogP contribution >= 0.6 is 11.8 Å². The van der Waals surface area contributed by atoms with Gasteiger partial charge in [-0.05, 0) is 53.9 Å². The minimum absolute atomic E-state index is 0.796. The minimum atomic E-state index is 0.796. The summed E-state index contributed by atoms with van der Waals surface area (Å²) in [5, 5.41) is 0. The van der Waals surface area contributed by atoms with Crippen molar-refractivity contribution in [2.24, 2.45) is 0 Å². The van der Waals surface area contributed by atoms with Gasteiger partial charge in [-0.25, -0.2) is 0 Å². The molecule has 0 spiro atoms. The lowest BCUT2D eigenvalue weighted by Gasteiger charge is -2.09. The van der Waals surface area contributed by atoms with Gasteiger partial charge in [-0.1, -0.05) is 54.2 Å². The molecular weight excluding hydrogens is 274 g/mol. The van der Waals surface area contributed by atoms with Crippen LogP contribution < -0.4 is 5.73 Å². The number of benzene rings is 3. The van der Waals surface area contributed by atoms with Crippen LogP contribution in [0.15, 0.2) is 82.6 Å². The molecule has 0 atom stereocenters. The molecule has 3 aromatic carbocycles. The van der Waals surface area contributed by atoms with E-state index in [2.05, 4.69) is 61.5 Å². The van der Waals surface area contributed by atoms with Crippen LogP contribution in [0, 0.1) is 6.92 Å². The summed E-state index contributed by atoms with van der Waals surface area (Å²) in [6, 6.07) is 25.1. The molecule has 1 nitrogen and oxygen atoms in total. The Bertz CT molecular complexity index is 733. The largest absolute Gasteiger partial charge is 0.399 e. The van der Waals surface area contributed by atoms with Gasteiger partial charge in [0.2, 0.25) is 0 Å². The standard InChI is InChI=1S/C19H17NS/c1-14-7-8-16(15-9-11-17(20)12-10-15)13-19(14)21-18-5-3-2-4-6-18/h2-13H,20H2,1H3. The van der Waals surface area contributed by atoms with E-state index in [0.29, 0.717) is 0 Å². The molecule has 0 aliphatic heterocycles. The number of anilines is 1. The highest BCUT2D eigenvalue weighted by atomic mass is 32.2. The Morgan fingerprint density at radius 1 is 0.762 bits per heavy atom. The molecule has 0 aromatic heterocycles. The van der Waals surface area contributed by atoms with E-state index < -0.39 is 0 Å². The van der Waals surface area contributed by atoms with E-state index >= 15 is 0 Å². The summed E-state index contributed by atoms with van der Waals surface area (Å²) < 4.78 is 0. The van der Waals surface area contributed by atoms with Crippen LogP contribution in [0.2, 0.25) is 0 Å². The number of hydrogen-bond acceptors (Lipinski definition) is 2. The second-order valence-corrected chi connectivity index (χ2v) is 6.13. The van der Waals surface area contributed by atoms with Gasteiger partial charge >= 0.3 is 0 Å². The maximum absolute atomic E-state index is 5.76. The molecule has 0 fully saturated rings. The van der Waals surface area contributed by atoms with Crippen molar-refractivity contribution in [1.29, 1.82) is 0 Å². The third-order valence-corrected chi connectivity index (χ3v) is 4.57.